The highest BCUT2D eigenvalue weighted by Gasteiger charge is 2.42. The molecule has 0 aliphatic carbocycles. The number of aromatic nitrogens is 1. The average molecular weight is 665 g/mol. The molecule has 0 saturated carbocycles. The number of nitrogen functional groups attached to an aromatic ring is 1. The van der Waals surface area contributed by atoms with E-state index >= 15 is 0 Å². The van der Waals surface area contributed by atoms with Crippen LogP contribution in [0.25, 0.3) is 11.1 Å². The number of fused-ring (bicyclic) bond motifs is 1. The monoisotopic (exact) mass is 664 g/mol. The van der Waals surface area contributed by atoms with Gasteiger partial charge in [-0.3, -0.25) is 19.3 Å². The van der Waals surface area contributed by atoms with Crippen molar-refractivity contribution < 1.29 is 18.9 Å². The molecule has 0 radical (unpaired) electrons. The maximum absolute atomic E-state index is 13.6. The van der Waals surface area contributed by atoms with Gasteiger partial charge in [-0.1, -0.05) is 28.9 Å². The van der Waals surface area contributed by atoms with E-state index in [1.807, 2.05) is 26.8 Å². The summed E-state index contributed by atoms with van der Waals surface area (Å²) in [4.78, 5) is 44.7. The van der Waals surface area contributed by atoms with Gasteiger partial charge in [-0.15, -0.1) is 0 Å². The fourth-order valence-corrected chi connectivity index (χ4v) is 7.00. The highest BCUT2D eigenvalue weighted by Crippen LogP contribution is 2.37. The summed E-state index contributed by atoms with van der Waals surface area (Å²) in [5, 5.41) is 14.0. The second-order valence-electron chi connectivity index (χ2n) is 12.5. The first-order chi connectivity index (χ1) is 23.1. The first-order valence-corrected chi connectivity index (χ1v) is 16.5. The van der Waals surface area contributed by atoms with Crippen LogP contribution in [0.1, 0.15) is 70.6 Å². The van der Waals surface area contributed by atoms with Crippen LogP contribution in [-0.4, -0.2) is 51.8 Å². The van der Waals surface area contributed by atoms with E-state index in [2.05, 4.69) is 34.3 Å². The van der Waals surface area contributed by atoms with Gasteiger partial charge in [0.25, 0.3) is 11.8 Å². The zero-order valence-electron chi connectivity index (χ0n) is 27.3. The number of hydrogen-bond acceptors (Lipinski definition) is 8. The van der Waals surface area contributed by atoms with Crippen LogP contribution in [0.4, 0.5) is 17.1 Å². The van der Waals surface area contributed by atoms with Crippen molar-refractivity contribution in [3.05, 3.63) is 93.3 Å². The van der Waals surface area contributed by atoms with Gasteiger partial charge in [-0.25, -0.2) is 0 Å². The molecule has 0 bridgehead atoms. The number of unbranched alkanes of at least 4 members (excludes halogenated alkanes) is 2. The normalized spacial score (nSPS) is 16.0. The molecular formula is C37H37ClN6O4. The molecule has 1 unspecified atom stereocenters. The fraction of sp³-hybridized carbons (Fsp3) is 0.324. The first kappa shape index (κ1) is 32.8. The molecule has 246 valence electrons. The van der Waals surface area contributed by atoms with Gasteiger partial charge >= 0.3 is 0 Å². The maximum atomic E-state index is 13.6. The van der Waals surface area contributed by atoms with E-state index in [0.29, 0.717) is 54.3 Å². The lowest BCUT2D eigenvalue weighted by atomic mass is 10.00. The van der Waals surface area contributed by atoms with Gasteiger partial charge in [-0.05, 0) is 106 Å². The van der Waals surface area contributed by atoms with Crippen LogP contribution < -0.4 is 10.6 Å². The van der Waals surface area contributed by atoms with E-state index in [4.69, 9.17) is 21.9 Å². The van der Waals surface area contributed by atoms with E-state index in [9.17, 15) is 19.6 Å². The highest BCUT2D eigenvalue weighted by molar-refractivity contribution is 6.32. The summed E-state index contributed by atoms with van der Waals surface area (Å²) in [5.74, 6) is 0.0169. The summed E-state index contributed by atoms with van der Waals surface area (Å²) >= 11 is 6.48. The van der Waals surface area contributed by atoms with Crippen molar-refractivity contribution in [2.24, 2.45) is 0 Å². The summed E-state index contributed by atoms with van der Waals surface area (Å²) < 4.78 is 5.44. The molecule has 3 heterocycles. The van der Waals surface area contributed by atoms with Gasteiger partial charge in [-0.2, -0.15) is 5.26 Å². The molecular weight excluding hydrogens is 628 g/mol. The second-order valence-corrected chi connectivity index (χ2v) is 12.9. The number of likely N-dealkylation sites (tertiary alicyclic amines) is 1. The third kappa shape index (κ3) is 6.26. The Bertz CT molecular complexity index is 1940. The Morgan fingerprint density at radius 1 is 1.04 bits per heavy atom. The third-order valence-electron chi connectivity index (χ3n) is 9.29. The van der Waals surface area contributed by atoms with Crippen molar-refractivity contribution in [3.8, 4) is 17.2 Å². The highest BCUT2D eigenvalue weighted by atomic mass is 35.5. The van der Waals surface area contributed by atoms with Gasteiger partial charge in [0, 0.05) is 54.2 Å². The number of carbonyl (C=O) groups excluding carboxylic acids is 3. The number of hydrogen-bond donors (Lipinski definition) is 1. The topological polar surface area (TPSA) is 137 Å². The van der Waals surface area contributed by atoms with Crippen molar-refractivity contribution in [2.75, 3.05) is 23.7 Å². The van der Waals surface area contributed by atoms with Crippen LogP contribution in [0.2, 0.25) is 5.02 Å². The molecule has 2 aliphatic heterocycles. The van der Waals surface area contributed by atoms with Crippen molar-refractivity contribution in [1.82, 2.24) is 15.0 Å². The number of carbonyl (C=O) groups is 3. The predicted octanol–water partition coefficient (Wildman–Crippen LogP) is 6.86. The molecule has 1 atom stereocenters. The van der Waals surface area contributed by atoms with Gasteiger partial charge in [0.1, 0.15) is 17.9 Å². The number of aryl methyl sites for hydroxylation is 3. The van der Waals surface area contributed by atoms with Gasteiger partial charge in [0.05, 0.1) is 16.3 Å². The van der Waals surface area contributed by atoms with Crippen LogP contribution in [0.5, 0.6) is 0 Å². The molecule has 2 aliphatic rings. The number of anilines is 3. The van der Waals surface area contributed by atoms with E-state index in [-0.39, 0.29) is 24.1 Å². The summed E-state index contributed by atoms with van der Waals surface area (Å²) in [5.41, 5.74) is 13.9. The molecule has 6 rings (SSSR count). The zero-order chi connectivity index (χ0) is 34.1. The third-order valence-corrected chi connectivity index (χ3v) is 9.60. The fourth-order valence-electron chi connectivity index (χ4n) is 6.78. The molecule has 3 aromatic carbocycles. The first-order valence-electron chi connectivity index (χ1n) is 16.1. The van der Waals surface area contributed by atoms with Crippen LogP contribution >= 0.6 is 11.6 Å². The Kier molecular flexibility index (Phi) is 9.24. The van der Waals surface area contributed by atoms with E-state index in [0.717, 1.165) is 57.9 Å². The standard InChI is InChI=1S/C37H37ClN6O4/c1-22-7-8-25(35-23(2)41-48-24(35)3)18-33(22)42(29-11-9-26(20-39)31(38)19-29)15-5-4-6-16-43-34(45)14-13-32(37(43)47)44-21-27-17-28(40)10-12-30(27)36(44)46/h7-12,17-19,32H,4-6,13-16,21,40H2,1-3H3. The number of imide groups is 1. The van der Waals surface area contributed by atoms with Crippen LogP contribution in [-0.2, 0) is 16.1 Å². The minimum atomic E-state index is -0.673. The van der Waals surface area contributed by atoms with Gasteiger partial charge in [0.2, 0.25) is 5.91 Å². The Morgan fingerprint density at radius 2 is 1.85 bits per heavy atom. The SMILES string of the molecule is Cc1ccc(-c2c(C)noc2C)cc1N(CCCCCN1C(=O)CCC(N2Cc3cc(N)ccc3C2=O)C1=O)c1ccc(C#N)c(Cl)c1. The molecule has 11 heteroatoms. The molecule has 4 aromatic rings. The minimum absolute atomic E-state index is 0.200. The molecule has 0 spiro atoms. The van der Waals surface area contributed by atoms with Crippen LogP contribution in [0, 0.1) is 32.1 Å². The summed E-state index contributed by atoms with van der Waals surface area (Å²) in [7, 11) is 0. The molecule has 3 amide bonds. The molecule has 1 fully saturated rings. The summed E-state index contributed by atoms with van der Waals surface area (Å²) in [6.07, 6.45) is 2.66. The summed E-state index contributed by atoms with van der Waals surface area (Å²) in [6, 6.07) is 18.3. The number of nitriles is 1. The number of halogens is 1. The molecule has 1 saturated heterocycles. The lowest BCUT2D eigenvalue weighted by Gasteiger charge is -2.35. The lowest BCUT2D eigenvalue weighted by Crippen LogP contribution is -2.54. The average Bonchev–Trinajstić information content (AvgIpc) is 3.57. The number of piperidine rings is 1. The smallest absolute Gasteiger partial charge is 0.255 e. The molecule has 2 N–H and O–H groups in total. The quantitative estimate of drug-likeness (QED) is 0.110. The zero-order valence-corrected chi connectivity index (χ0v) is 28.0. The van der Waals surface area contributed by atoms with Crippen molar-refractivity contribution in [3.63, 3.8) is 0 Å². The lowest BCUT2D eigenvalue weighted by molar-refractivity contribution is -0.152. The van der Waals surface area contributed by atoms with E-state index in [1.54, 1.807) is 35.2 Å². The Labute approximate surface area is 284 Å². The number of benzene rings is 3. The minimum Gasteiger partial charge on any atom is -0.399 e. The number of nitrogens with zero attached hydrogens (tertiary/aromatic N) is 5. The van der Waals surface area contributed by atoms with Crippen LogP contribution in [0.15, 0.2) is 59.1 Å². The molecule has 48 heavy (non-hydrogen) atoms. The number of rotatable bonds is 10. The Morgan fingerprint density at radius 3 is 2.58 bits per heavy atom. The summed E-state index contributed by atoms with van der Waals surface area (Å²) in [6.45, 7) is 7.09. The van der Waals surface area contributed by atoms with Crippen molar-refractivity contribution in [1.29, 1.82) is 5.26 Å². The van der Waals surface area contributed by atoms with E-state index < -0.39 is 6.04 Å². The maximum Gasteiger partial charge on any atom is 0.255 e. The van der Waals surface area contributed by atoms with Crippen molar-refractivity contribution in [2.45, 2.75) is 65.5 Å². The largest absolute Gasteiger partial charge is 0.399 e. The van der Waals surface area contributed by atoms with Crippen LogP contribution in [0.3, 0.4) is 0 Å². The molecule has 1 aromatic heterocycles. The van der Waals surface area contributed by atoms with Crippen molar-refractivity contribution >= 4 is 46.4 Å². The van der Waals surface area contributed by atoms with E-state index in [1.165, 1.54) is 4.90 Å². The van der Waals surface area contributed by atoms with Gasteiger partial charge in [0.15, 0.2) is 0 Å². The molecule has 10 nitrogen and oxygen atoms in total. The Hall–Kier alpha value is -5.14. The Balaban J connectivity index is 1.15. The van der Waals surface area contributed by atoms with Gasteiger partial charge < -0.3 is 20.1 Å². The number of amides is 3. The number of nitrogens with two attached hydrogens (primary N) is 1. The predicted molar refractivity (Wildman–Crippen MR) is 184 cm³/mol. The second kappa shape index (κ2) is 13.5.